The number of hydrogen-bond acceptors (Lipinski definition) is 1. The number of piperidine rings is 1. The second-order valence-corrected chi connectivity index (χ2v) is 3.55. The van der Waals surface area contributed by atoms with E-state index < -0.39 is 0 Å². The third-order valence-corrected chi connectivity index (χ3v) is 3.09. The minimum atomic E-state index is 0.693. The van der Waals surface area contributed by atoms with Gasteiger partial charge in [0.05, 0.1) is 6.20 Å². The van der Waals surface area contributed by atoms with Crippen molar-refractivity contribution >= 4 is 0 Å². The number of hydrogen-bond donors (Lipinski definition) is 0. The van der Waals surface area contributed by atoms with Crippen molar-refractivity contribution in [3.8, 4) is 0 Å². The zero-order chi connectivity index (χ0) is 6.55. The highest BCUT2D eigenvalue weighted by Gasteiger charge is 2.52. The van der Waals surface area contributed by atoms with Gasteiger partial charge in [0.15, 0.2) is 6.04 Å². The van der Waals surface area contributed by atoms with Crippen molar-refractivity contribution in [2.75, 3.05) is 0 Å². The second kappa shape index (κ2) is 1.49. The van der Waals surface area contributed by atoms with Crippen LogP contribution in [0.2, 0.25) is 0 Å². The molecule has 2 bridgehead atoms. The molecule has 3 atom stereocenters. The molecule has 2 nitrogen and oxygen atoms in total. The van der Waals surface area contributed by atoms with Gasteiger partial charge in [-0.1, -0.05) is 0 Å². The van der Waals surface area contributed by atoms with Crippen LogP contribution >= 0.6 is 0 Å². The predicted octanol–water partition coefficient (Wildman–Crippen LogP) is 1.53. The molecule has 1 saturated heterocycles. The summed E-state index contributed by atoms with van der Waals surface area (Å²) in [7, 11) is 0. The summed E-state index contributed by atoms with van der Waals surface area (Å²) in [4.78, 5) is 0. The van der Waals surface area contributed by atoms with Gasteiger partial charge in [0.2, 0.25) is 6.04 Å². The van der Waals surface area contributed by atoms with Crippen LogP contribution in [0, 0.1) is 5.92 Å². The lowest BCUT2D eigenvalue weighted by atomic mass is 10.0. The predicted molar refractivity (Wildman–Crippen MR) is 36.7 cm³/mol. The summed E-state index contributed by atoms with van der Waals surface area (Å²) in [5.41, 5.74) is 0. The van der Waals surface area contributed by atoms with Crippen molar-refractivity contribution in [2.24, 2.45) is 11.0 Å². The van der Waals surface area contributed by atoms with E-state index >= 15 is 0 Å². The lowest BCUT2D eigenvalue weighted by Gasteiger charge is -2.10. The Labute approximate surface area is 60.2 Å². The molecule has 0 N–H and O–H groups in total. The molecule has 2 heterocycles. The summed E-state index contributed by atoms with van der Waals surface area (Å²) in [6.45, 7) is 0. The zero-order valence-electron chi connectivity index (χ0n) is 5.90. The van der Waals surface area contributed by atoms with Gasteiger partial charge >= 0.3 is 0 Å². The zero-order valence-corrected chi connectivity index (χ0v) is 5.90. The maximum atomic E-state index is 4.33. The topological polar surface area (TPSA) is 15.4 Å². The molecule has 2 heteroatoms. The first-order valence-corrected chi connectivity index (χ1v) is 4.11. The SMILES string of the molecule is C1=CC2[C@H]3CC[C@H](C3)[N+]2=N1. The van der Waals surface area contributed by atoms with Crippen LogP contribution in [0.4, 0.5) is 0 Å². The van der Waals surface area contributed by atoms with Crippen LogP contribution in [0.15, 0.2) is 17.4 Å². The smallest absolute Gasteiger partial charge is 0.113 e. The fourth-order valence-corrected chi connectivity index (χ4v) is 2.62. The van der Waals surface area contributed by atoms with Crippen LogP contribution in [0.25, 0.3) is 0 Å². The van der Waals surface area contributed by atoms with E-state index in [2.05, 4.69) is 15.9 Å². The Bertz CT molecular complexity index is 229. The van der Waals surface area contributed by atoms with E-state index in [1.165, 1.54) is 19.3 Å². The molecule has 10 heavy (non-hydrogen) atoms. The van der Waals surface area contributed by atoms with Crippen LogP contribution in [0.5, 0.6) is 0 Å². The standard InChI is InChI=1S/C8H11N2/c1-2-7-5-6(1)8-3-4-9-10(7)8/h3-4,6-8H,1-2,5H2/q+1/t6-,7+,8?/m0/s1. The highest BCUT2D eigenvalue weighted by molar-refractivity contribution is 5.00. The Morgan fingerprint density at radius 3 is 3.30 bits per heavy atom. The van der Waals surface area contributed by atoms with E-state index in [0.717, 1.165) is 12.0 Å². The molecule has 0 aromatic rings. The largest absolute Gasteiger partial charge is 0.202 e. The number of fused-ring (bicyclic) bond motifs is 5. The summed E-state index contributed by atoms with van der Waals surface area (Å²) in [6.07, 6.45) is 8.44. The second-order valence-electron chi connectivity index (χ2n) is 3.55. The normalized spacial score (nSPS) is 48.0. The molecule has 3 aliphatic rings. The fourth-order valence-electron chi connectivity index (χ4n) is 2.62. The van der Waals surface area contributed by atoms with Gasteiger partial charge in [-0.2, -0.15) is 0 Å². The van der Waals surface area contributed by atoms with E-state index in [0.29, 0.717) is 6.04 Å². The molecule has 0 aromatic carbocycles. The summed E-state index contributed by atoms with van der Waals surface area (Å²) in [5, 5.41) is 4.33. The van der Waals surface area contributed by atoms with E-state index in [1.807, 2.05) is 6.20 Å². The van der Waals surface area contributed by atoms with Gasteiger partial charge < -0.3 is 0 Å². The lowest BCUT2D eigenvalue weighted by molar-refractivity contribution is -0.631. The first-order valence-electron chi connectivity index (χ1n) is 4.11. The van der Waals surface area contributed by atoms with Crippen LogP contribution in [0.3, 0.4) is 0 Å². The van der Waals surface area contributed by atoms with Gasteiger partial charge in [0, 0.05) is 24.8 Å². The molecule has 0 aromatic heterocycles. The van der Waals surface area contributed by atoms with Gasteiger partial charge in [0.1, 0.15) is 0 Å². The average Bonchev–Trinajstić information content (AvgIpc) is 2.60. The van der Waals surface area contributed by atoms with E-state index in [-0.39, 0.29) is 0 Å². The Morgan fingerprint density at radius 2 is 2.40 bits per heavy atom. The Balaban J connectivity index is 2.08. The Morgan fingerprint density at radius 1 is 1.40 bits per heavy atom. The average molecular weight is 135 g/mol. The van der Waals surface area contributed by atoms with Gasteiger partial charge in [-0.05, 0) is 11.5 Å². The molecule has 1 aliphatic carbocycles. The Kier molecular flexibility index (Phi) is 0.755. The van der Waals surface area contributed by atoms with Gasteiger partial charge in [-0.3, -0.25) is 0 Å². The van der Waals surface area contributed by atoms with Crippen LogP contribution < -0.4 is 0 Å². The van der Waals surface area contributed by atoms with Gasteiger partial charge in [-0.15, -0.1) is 4.70 Å². The van der Waals surface area contributed by atoms with E-state index in [4.69, 9.17) is 0 Å². The molecular formula is C8H11N2+. The van der Waals surface area contributed by atoms with E-state index in [9.17, 15) is 0 Å². The summed E-state index contributed by atoms with van der Waals surface area (Å²) in [5.74, 6) is 0.937. The molecule has 3 rings (SSSR count). The van der Waals surface area contributed by atoms with Crippen molar-refractivity contribution in [3.63, 3.8) is 0 Å². The minimum Gasteiger partial charge on any atom is -0.113 e. The quantitative estimate of drug-likeness (QED) is 0.448. The fraction of sp³-hybridized carbons (Fsp3) is 0.750. The van der Waals surface area contributed by atoms with Crippen molar-refractivity contribution < 1.29 is 4.70 Å². The minimum absolute atomic E-state index is 0.693. The molecule has 0 radical (unpaired) electrons. The third kappa shape index (κ3) is 0.425. The lowest BCUT2D eigenvalue weighted by Crippen LogP contribution is -2.27. The first-order chi connectivity index (χ1) is 4.95. The van der Waals surface area contributed by atoms with Crippen LogP contribution in [-0.4, -0.2) is 16.8 Å². The van der Waals surface area contributed by atoms with Crippen molar-refractivity contribution in [3.05, 3.63) is 12.3 Å². The molecular weight excluding hydrogens is 124 g/mol. The summed E-state index contributed by atoms with van der Waals surface area (Å²) < 4.78 is 2.30. The maximum absolute atomic E-state index is 4.33. The van der Waals surface area contributed by atoms with E-state index in [1.54, 1.807) is 0 Å². The number of nitrogens with zero attached hydrogens (tertiary/aromatic N) is 2. The Hall–Kier alpha value is -0.660. The van der Waals surface area contributed by atoms with Gasteiger partial charge in [0.25, 0.3) is 0 Å². The van der Waals surface area contributed by atoms with Crippen LogP contribution in [0.1, 0.15) is 19.3 Å². The highest BCUT2D eigenvalue weighted by Crippen LogP contribution is 2.41. The van der Waals surface area contributed by atoms with Crippen molar-refractivity contribution in [1.82, 2.24) is 0 Å². The van der Waals surface area contributed by atoms with Crippen molar-refractivity contribution in [1.29, 1.82) is 0 Å². The monoisotopic (exact) mass is 135 g/mol. The van der Waals surface area contributed by atoms with Gasteiger partial charge in [-0.25, -0.2) is 0 Å². The third-order valence-electron chi connectivity index (χ3n) is 3.09. The number of rotatable bonds is 0. The molecule has 1 unspecified atom stereocenters. The summed E-state index contributed by atoms with van der Waals surface area (Å²) in [6, 6.07) is 1.49. The van der Waals surface area contributed by atoms with Crippen LogP contribution in [-0.2, 0) is 0 Å². The maximum Gasteiger partial charge on any atom is 0.202 e. The molecule has 0 amide bonds. The number of azo groups is 2. The van der Waals surface area contributed by atoms with Crippen molar-refractivity contribution in [2.45, 2.75) is 31.3 Å². The molecule has 52 valence electrons. The highest BCUT2D eigenvalue weighted by atomic mass is 15.3. The molecule has 2 aliphatic heterocycles. The first kappa shape index (κ1) is 5.05. The summed E-state index contributed by atoms with van der Waals surface area (Å²) >= 11 is 0. The molecule has 1 saturated carbocycles. The molecule has 0 spiro atoms. The molecule has 2 fully saturated rings.